The van der Waals surface area contributed by atoms with Crippen molar-refractivity contribution in [1.82, 2.24) is 0 Å². The molecule has 0 bridgehead atoms. The van der Waals surface area contributed by atoms with Crippen molar-refractivity contribution in [3.63, 3.8) is 0 Å². The fraction of sp³-hybridized carbons (Fsp3) is 0.0233. The minimum atomic E-state index is -4.36. The summed E-state index contributed by atoms with van der Waals surface area (Å²) < 4.78 is 40.4. The molecule has 0 saturated carbocycles. The Labute approximate surface area is 303 Å². The van der Waals surface area contributed by atoms with Gasteiger partial charge in [-0.1, -0.05) is 170 Å². The second kappa shape index (κ2) is 19.8. The fourth-order valence-corrected chi connectivity index (χ4v) is 9.79. The molecule has 0 N–H and O–H groups in total. The average molecular weight is 776 g/mol. The maximum atomic E-state index is 13.5. The topological polar surface area (TPSA) is 0 Å². The summed E-state index contributed by atoms with van der Waals surface area (Å²) in [5, 5.41) is 6.35. The van der Waals surface area contributed by atoms with Crippen molar-refractivity contribution in [2.45, 2.75) is 6.18 Å². The van der Waals surface area contributed by atoms with E-state index in [1.165, 1.54) is 22.0 Å². The first-order valence-corrected chi connectivity index (χ1v) is 18.1. The zero-order valence-corrected chi connectivity index (χ0v) is 29.8. The summed E-state index contributed by atoms with van der Waals surface area (Å²) in [6.07, 6.45) is -4.36. The van der Waals surface area contributed by atoms with E-state index in [0.29, 0.717) is 5.30 Å². The molecule has 0 spiro atoms. The van der Waals surface area contributed by atoms with Crippen LogP contribution in [0.5, 0.6) is 0 Å². The predicted octanol–water partition coefficient (Wildman–Crippen LogP) is 9.39. The van der Waals surface area contributed by atoms with Crippen molar-refractivity contribution in [2.24, 2.45) is 0 Å². The van der Waals surface area contributed by atoms with Gasteiger partial charge in [0.15, 0.2) is 0 Å². The summed E-state index contributed by atoms with van der Waals surface area (Å²) in [5.41, 5.74) is -0.557. The minimum absolute atomic E-state index is 0. The second-order valence-electron chi connectivity index (χ2n) is 10.4. The minimum Gasteiger partial charge on any atom is -0.184 e. The van der Waals surface area contributed by atoms with Gasteiger partial charge in [-0.25, -0.2) is 0 Å². The molecular weight excluding hydrogens is 742 g/mol. The summed E-state index contributed by atoms with van der Waals surface area (Å²) in [5.74, 6) is 0. The van der Waals surface area contributed by atoms with Crippen LogP contribution in [0.4, 0.5) is 13.2 Å². The van der Waals surface area contributed by atoms with Gasteiger partial charge in [0.05, 0.1) is 5.56 Å². The van der Waals surface area contributed by atoms with E-state index >= 15 is 0 Å². The Balaban J connectivity index is 0.000000187. The van der Waals surface area contributed by atoms with Gasteiger partial charge in [-0.2, -0.15) is 49.6 Å². The molecule has 248 valence electrons. The summed E-state index contributed by atoms with van der Waals surface area (Å²) in [6, 6.07) is 69.5. The Bertz CT molecular complexity index is 1730. The molecule has 0 heterocycles. The third kappa shape index (κ3) is 11.2. The number of hydrogen-bond donors (Lipinski definition) is 0. The zero-order valence-electron chi connectivity index (χ0n) is 26.5. The van der Waals surface area contributed by atoms with Crippen molar-refractivity contribution >= 4 is 47.7 Å². The van der Waals surface area contributed by atoms with Crippen LogP contribution in [0, 0.1) is 6.07 Å². The monoisotopic (exact) mass is 775 g/mol. The van der Waals surface area contributed by atoms with Crippen molar-refractivity contribution in [1.29, 1.82) is 0 Å². The quantitative estimate of drug-likeness (QED) is 0.0898. The standard InChI is InChI=1S/C19H14F3P.C18H15P.C6H5.Pd/c20-19(21,22)17-13-7-8-14-18(17)23(15-9-3-1-4-10-15)16-11-5-2-6-12-16;1-4-10-16(11-5-1)19(17-12-6-2-7-13-17)18-14-8-3-9-15-18;1-2-4-6-5-3-1;/h1-14H;1-15H;1-5H;/q;;-1;. The van der Waals surface area contributed by atoms with Gasteiger partial charge in [0.2, 0.25) is 0 Å². The second-order valence-corrected chi connectivity index (χ2v) is 14.8. The van der Waals surface area contributed by atoms with Gasteiger partial charge in [0.1, 0.15) is 0 Å². The first-order valence-electron chi connectivity index (χ1n) is 15.5. The molecule has 7 aromatic rings. The molecule has 0 aromatic heterocycles. The summed E-state index contributed by atoms with van der Waals surface area (Å²) in [6.45, 7) is 0. The van der Waals surface area contributed by atoms with Crippen LogP contribution in [-0.4, -0.2) is 0 Å². The van der Waals surface area contributed by atoms with Gasteiger partial charge >= 0.3 is 6.18 Å². The van der Waals surface area contributed by atoms with E-state index in [2.05, 4.69) is 97.1 Å². The van der Waals surface area contributed by atoms with E-state index in [9.17, 15) is 13.2 Å². The first kappa shape index (κ1) is 37.7. The van der Waals surface area contributed by atoms with Crippen LogP contribution < -0.4 is 31.8 Å². The van der Waals surface area contributed by atoms with Crippen LogP contribution in [0.2, 0.25) is 0 Å². The van der Waals surface area contributed by atoms with E-state index in [0.717, 1.165) is 16.7 Å². The molecule has 0 unspecified atom stereocenters. The Kier molecular flexibility index (Phi) is 15.2. The molecule has 0 aliphatic heterocycles. The largest absolute Gasteiger partial charge is 0.417 e. The molecule has 0 saturated heterocycles. The molecular formula is C43H34F3P2Pd-. The molecule has 7 aromatic carbocycles. The molecule has 6 heteroatoms. The third-order valence-corrected chi connectivity index (χ3v) is 12.1. The van der Waals surface area contributed by atoms with Gasteiger partial charge in [-0.15, -0.1) is 0 Å². The molecule has 0 aliphatic rings. The fourth-order valence-electron chi connectivity index (χ4n) is 5.01. The van der Waals surface area contributed by atoms with Crippen LogP contribution in [0.15, 0.2) is 206 Å². The summed E-state index contributed by atoms with van der Waals surface area (Å²) in [4.78, 5) is 0. The van der Waals surface area contributed by atoms with Crippen molar-refractivity contribution < 1.29 is 33.6 Å². The Morgan fingerprint density at radius 3 is 0.918 bits per heavy atom. The van der Waals surface area contributed by atoms with E-state index in [1.54, 1.807) is 12.1 Å². The maximum Gasteiger partial charge on any atom is 0.417 e. The van der Waals surface area contributed by atoms with Crippen molar-refractivity contribution in [3.8, 4) is 0 Å². The predicted molar refractivity (Wildman–Crippen MR) is 201 cm³/mol. The van der Waals surface area contributed by atoms with Crippen LogP contribution in [0.3, 0.4) is 0 Å². The van der Waals surface area contributed by atoms with Crippen molar-refractivity contribution in [3.05, 3.63) is 218 Å². The van der Waals surface area contributed by atoms with Gasteiger partial charge in [-0.05, 0) is 53.7 Å². The van der Waals surface area contributed by atoms with E-state index < -0.39 is 27.6 Å². The SMILES string of the molecule is FC(F)(F)c1ccccc1P(c1ccccc1)c1ccccc1.[Pd].[c-]1ccccc1.c1ccc(P(c2ccccc2)c2ccccc2)cc1. The van der Waals surface area contributed by atoms with Gasteiger partial charge in [-0.3, -0.25) is 0 Å². The smallest absolute Gasteiger partial charge is 0.184 e. The number of rotatable bonds is 6. The first-order chi connectivity index (χ1) is 23.5. The average Bonchev–Trinajstić information content (AvgIpc) is 3.15. The van der Waals surface area contributed by atoms with Crippen LogP contribution in [-0.2, 0) is 26.6 Å². The molecule has 0 radical (unpaired) electrons. The normalized spacial score (nSPS) is 10.6. The van der Waals surface area contributed by atoms with Crippen molar-refractivity contribution in [2.75, 3.05) is 0 Å². The number of benzene rings is 7. The maximum absolute atomic E-state index is 13.5. The van der Waals surface area contributed by atoms with Crippen LogP contribution in [0.1, 0.15) is 5.56 Å². The van der Waals surface area contributed by atoms with Gasteiger partial charge in [0.25, 0.3) is 0 Å². The third-order valence-electron chi connectivity index (χ3n) is 7.13. The van der Waals surface area contributed by atoms with Crippen LogP contribution >= 0.6 is 15.8 Å². The van der Waals surface area contributed by atoms with E-state index in [-0.39, 0.29) is 20.4 Å². The molecule has 0 fully saturated rings. The number of alkyl halides is 3. The number of hydrogen-bond acceptors (Lipinski definition) is 0. The molecule has 0 amide bonds. The molecule has 0 aliphatic carbocycles. The van der Waals surface area contributed by atoms with Crippen LogP contribution in [0.25, 0.3) is 0 Å². The van der Waals surface area contributed by atoms with Gasteiger partial charge in [0, 0.05) is 20.4 Å². The molecule has 0 atom stereocenters. The number of halogens is 3. The summed E-state index contributed by atoms with van der Waals surface area (Å²) >= 11 is 0. The Hall–Kier alpha value is -4.15. The zero-order chi connectivity index (χ0) is 33.4. The molecule has 0 nitrogen and oxygen atoms in total. The van der Waals surface area contributed by atoms with Gasteiger partial charge < -0.3 is 0 Å². The Morgan fingerprint density at radius 1 is 0.347 bits per heavy atom. The van der Waals surface area contributed by atoms with E-state index in [1.807, 2.05) is 91.0 Å². The molecule has 49 heavy (non-hydrogen) atoms. The Morgan fingerprint density at radius 2 is 0.633 bits per heavy atom. The summed E-state index contributed by atoms with van der Waals surface area (Å²) in [7, 11) is -1.70. The molecule has 7 rings (SSSR count). The van der Waals surface area contributed by atoms with E-state index in [4.69, 9.17) is 0 Å².